The summed E-state index contributed by atoms with van der Waals surface area (Å²) in [7, 11) is 0. The minimum Gasteiger partial charge on any atom is -0.394 e. The molecule has 3 rings (SSSR count). The molecule has 1 saturated carbocycles. The van der Waals surface area contributed by atoms with Crippen molar-refractivity contribution in [3.05, 3.63) is 71.3 Å². The van der Waals surface area contributed by atoms with Crippen LogP contribution >= 0.6 is 0 Å². The average Bonchev–Trinajstić information content (AvgIpc) is 3.40. The SMILES string of the molecule is O=C(NC(CO)c1ccccc1)C1CC1c1ccccc1C(F)(F)F. The van der Waals surface area contributed by atoms with Crippen molar-refractivity contribution >= 4 is 5.91 Å². The molecular formula is C19H18F3NO2. The second-order valence-electron chi connectivity index (χ2n) is 6.19. The Morgan fingerprint density at radius 1 is 1.12 bits per heavy atom. The standard InChI is InChI=1S/C19H18F3NO2/c20-19(21,22)16-9-5-4-8-13(16)14-10-15(14)18(25)23-17(11-24)12-6-2-1-3-7-12/h1-9,14-15,17,24H,10-11H2,(H,23,25). The highest BCUT2D eigenvalue weighted by Gasteiger charge is 2.48. The van der Waals surface area contributed by atoms with E-state index in [1.165, 1.54) is 12.1 Å². The van der Waals surface area contributed by atoms with Crippen molar-refractivity contribution in [1.82, 2.24) is 5.32 Å². The van der Waals surface area contributed by atoms with Crippen LogP contribution < -0.4 is 5.32 Å². The lowest BCUT2D eigenvalue weighted by molar-refractivity contribution is -0.138. The van der Waals surface area contributed by atoms with Gasteiger partial charge in [-0.15, -0.1) is 0 Å². The van der Waals surface area contributed by atoms with E-state index in [4.69, 9.17) is 0 Å². The van der Waals surface area contributed by atoms with E-state index in [9.17, 15) is 23.1 Å². The number of nitrogens with one attached hydrogen (secondary N) is 1. The van der Waals surface area contributed by atoms with Gasteiger partial charge in [0.1, 0.15) is 0 Å². The molecule has 0 radical (unpaired) electrons. The number of benzene rings is 2. The van der Waals surface area contributed by atoms with Crippen molar-refractivity contribution in [2.24, 2.45) is 5.92 Å². The van der Waals surface area contributed by atoms with Crippen LogP contribution in [-0.2, 0) is 11.0 Å². The van der Waals surface area contributed by atoms with E-state index in [0.717, 1.165) is 11.6 Å². The molecule has 0 bridgehead atoms. The Hall–Kier alpha value is -2.34. The Bertz CT molecular complexity index is 746. The van der Waals surface area contributed by atoms with E-state index in [1.807, 2.05) is 6.07 Å². The van der Waals surface area contributed by atoms with Gasteiger partial charge in [0, 0.05) is 5.92 Å². The van der Waals surface area contributed by atoms with Gasteiger partial charge in [0.2, 0.25) is 5.91 Å². The molecule has 1 fully saturated rings. The van der Waals surface area contributed by atoms with E-state index in [2.05, 4.69) is 5.32 Å². The molecule has 2 aromatic rings. The van der Waals surface area contributed by atoms with Crippen molar-refractivity contribution < 1.29 is 23.1 Å². The van der Waals surface area contributed by atoms with Gasteiger partial charge in [-0.25, -0.2) is 0 Å². The zero-order chi connectivity index (χ0) is 18.0. The second-order valence-corrected chi connectivity index (χ2v) is 6.19. The lowest BCUT2D eigenvalue weighted by Crippen LogP contribution is -2.32. The predicted octanol–water partition coefficient (Wildman–Crippen LogP) is 3.66. The van der Waals surface area contributed by atoms with E-state index in [1.54, 1.807) is 30.3 Å². The molecule has 3 nitrogen and oxygen atoms in total. The lowest BCUT2D eigenvalue weighted by atomic mass is 10.0. The van der Waals surface area contributed by atoms with E-state index in [-0.39, 0.29) is 18.1 Å². The summed E-state index contributed by atoms with van der Waals surface area (Å²) in [6.45, 7) is -0.272. The van der Waals surface area contributed by atoms with Crippen LogP contribution in [0.4, 0.5) is 13.2 Å². The first-order chi connectivity index (χ1) is 11.9. The molecule has 3 atom stereocenters. The summed E-state index contributed by atoms with van der Waals surface area (Å²) in [5.74, 6) is -1.26. The third-order valence-corrected chi connectivity index (χ3v) is 4.49. The first-order valence-electron chi connectivity index (χ1n) is 8.04. The van der Waals surface area contributed by atoms with Crippen LogP contribution in [0.25, 0.3) is 0 Å². The van der Waals surface area contributed by atoms with E-state index < -0.39 is 29.6 Å². The number of amides is 1. The van der Waals surface area contributed by atoms with E-state index >= 15 is 0 Å². The Morgan fingerprint density at radius 3 is 2.40 bits per heavy atom. The van der Waals surface area contributed by atoms with Crippen LogP contribution in [0.15, 0.2) is 54.6 Å². The van der Waals surface area contributed by atoms with Crippen molar-refractivity contribution in [3.8, 4) is 0 Å². The number of halogens is 3. The lowest BCUT2D eigenvalue weighted by Gasteiger charge is -2.17. The number of hydrogen-bond acceptors (Lipinski definition) is 2. The topological polar surface area (TPSA) is 49.3 Å². The van der Waals surface area contributed by atoms with Gasteiger partial charge in [-0.3, -0.25) is 4.79 Å². The van der Waals surface area contributed by atoms with Crippen LogP contribution in [0.3, 0.4) is 0 Å². The number of aliphatic hydroxyl groups excluding tert-OH is 1. The normalized spacial score (nSPS) is 20.8. The number of alkyl halides is 3. The van der Waals surface area contributed by atoms with Gasteiger partial charge in [0.05, 0.1) is 18.2 Å². The average molecular weight is 349 g/mol. The van der Waals surface area contributed by atoms with Gasteiger partial charge in [0.15, 0.2) is 0 Å². The van der Waals surface area contributed by atoms with Crippen LogP contribution in [-0.4, -0.2) is 17.6 Å². The van der Waals surface area contributed by atoms with Gasteiger partial charge in [-0.2, -0.15) is 13.2 Å². The Labute approximate surface area is 143 Å². The number of carbonyl (C=O) groups is 1. The molecular weight excluding hydrogens is 331 g/mol. The third kappa shape index (κ3) is 3.85. The maximum Gasteiger partial charge on any atom is 0.416 e. The maximum absolute atomic E-state index is 13.1. The summed E-state index contributed by atoms with van der Waals surface area (Å²) < 4.78 is 39.4. The van der Waals surface area contributed by atoms with Gasteiger partial charge in [-0.1, -0.05) is 48.5 Å². The molecule has 2 aromatic carbocycles. The van der Waals surface area contributed by atoms with Crippen LogP contribution in [0, 0.1) is 5.92 Å². The highest BCUT2D eigenvalue weighted by atomic mass is 19.4. The zero-order valence-corrected chi connectivity index (χ0v) is 13.3. The zero-order valence-electron chi connectivity index (χ0n) is 13.3. The molecule has 2 N–H and O–H groups in total. The first kappa shape index (κ1) is 17.5. The number of carbonyl (C=O) groups excluding carboxylic acids is 1. The summed E-state index contributed by atoms with van der Waals surface area (Å²) in [4.78, 5) is 12.4. The number of rotatable bonds is 5. The summed E-state index contributed by atoms with van der Waals surface area (Å²) in [6.07, 6.45) is -4.05. The minimum atomic E-state index is -4.43. The quantitative estimate of drug-likeness (QED) is 0.866. The molecule has 132 valence electrons. The van der Waals surface area contributed by atoms with Crippen molar-refractivity contribution in [2.45, 2.75) is 24.6 Å². The summed E-state index contributed by atoms with van der Waals surface area (Å²) >= 11 is 0. The first-order valence-corrected chi connectivity index (χ1v) is 8.04. The number of aliphatic hydroxyl groups is 1. The summed E-state index contributed by atoms with van der Waals surface area (Å²) in [6, 6.07) is 13.8. The molecule has 6 heteroatoms. The largest absolute Gasteiger partial charge is 0.416 e. The molecule has 0 aromatic heterocycles. The van der Waals surface area contributed by atoms with Crippen LogP contribution in [0.1, 0.15) is 35.1 Å². The van der Waals surface area contributed by atoms with Gasteiger partial charge >= 0.3 is 6.18 Å². The Kier molecular flexibility index (Phi) is 4.81. The van der Waals surface area contributed by atoms with Crippen molar-refractivity contribution in [1.29, 1.82) is 0 Å². The van der Waals surface area contributed by atoms with Crippen molar-refractivity contribution in [2.75, 3.05) is 6.61 Å². The highest BCUT2D eigenvalue weighted by Crippen LogP contribution is 2.51. The predicted molar refractivity (Wildman–Crippen MR) is 86.7 cm³/mol. The van der Waals surface area contributed by atoms with Gasteiger partial charge < -0.3 is 10.4 Å². The molecule has 0 saturated heterocycles. The summed E-state index contributed by atoms with van der Waals surface area (Å²) in [5, 5.41) is 12.2. The fourth-order valence-electron chi connectivity index (χ4n) is 3.11. The Balaban J connectivity index is 1.71. The molecule has 1 amide bonds. The fourth-order valence-corrected chi connectivity index (χ4v) is 3.11. The molecule has 0 aliphatic heterocycles. The van der Waals surface area contributed by atoms with Crippen molar-refractivity contribution in [3.63, 3.8) is 0 Å². The molecule has 3 unspecified atom stereocenters. The van der Waals surface area contributed by atoms with Gasteiger partial charge in [-0.05, 0) is 29.5 Å². The van der Waals surface area contributed by atoms with E-state index in [0.29, 0.717) is 6.42 Å². The fraction of sp³-hybridized carbons (Fsp3) is 0.316. The van der Waals surface area contributed by atoms with Gasteiger partial charge in [0.25, 0.3) is 0 Å². The van der Waals surface area contributed by atoms with Crippen LogP contribution in [0.5, 0.6) is 0 Å². The minimum absolute atomic E-state index is 0.162. The Morgan fingerprint density at radius 2 is 1.76 bits per heavy atom. The van der Waals surface area contributed by atoms with Crippen LogP contribution in [0.2, 0.25) is 0 Å². The second kappa shape index (κ2) is 6.88. The maximum atomic E-state index is 13.1. The molecule has 1 aliphatic carbocycles. The molecule has 25 heavy (non-hydrogen) atoms. The smallest absolute Gasteiger partial charge is 0.394 e. The third-order valence-electron chi connectivity index (χ3n) is 4.49. The number of hydrogen-bond donors (Lipinski definition) is 2. The monoisotopic (exact) mass is 349 g/mol. The summed E-state index contributed by atoms with van der Waals surface area (Å²) in [5.41, 5.74) is 0.235. The molecule has 0 heterocycles. The highest BCUT2D eigenvalue weighted by molar-refractivity contribution is 5.83. The molecule has 0 spiro atoms. The molecule has 1 aliphatic rings.